The molecule has 2 amide bonds. The van der Waals surface area contributed by atoms with E-state index in [0.717, 1.165) is 24.2 Å². The van der Waals surface area contributed by atoms with Gasteiger partial charge in [-0.25, -0.2) is 0 Å². The molecule has 130 valence electrons. The Morgan fingerprint density at radius 3 is 2.96 bits per heavy atom. The molecule has 2 aliphatic heterocycles. The van der Waals surface area contributed by atoms with Gasteiger partial charge in [-0.1, -0.05) is 25.1 Å². The topological polar surface area (TPSA) is 58.6 Å². The predicted octanol–water partition coefficient (Wildman–Crippen LogP) is 2.72. The summed E-state index contributed by atoms with van der Waals surface area (Å²) in [4.78, 5) is 26.6. The third kappa shape index (κ3) is 2.88. The Bertz CT molecular complexity index is 651. The van der Waals surface area contributed by atoms with Crippen LogP contribution < -0.4 is 10.1 Å². The van der Waals surface area contributed by atoms with Crippen LogP contribution in [0.1, 0.15) is 44.7 Å². The van der Waals surface area contributed by atoms with Crippen LogP contribution >= 0.6 is 11.8 Å². The first-order valence-electron chi connectivity index (χ1n) is 8.39. The Labute approximate surface area is 147 Å². The van der Waals surface area contributed by atoms with Gasteiger partial charge in [0.05, 0.1) is 18.0 Å². The highest BCUT2D eigenvalue weighted by Crippen LogP contribution is 2.47. The number of carbonyl (C=O) groups excluding carboxylic acids is 2. The summed E-state index contributed by atoms with van der Waals surface area (Å²) in [6, 6.07) is 7.23. The lowest BCUT2D eigenvalue weighted by molar-refractivity contribution is -0.138. The number of nitrogens with zero attached hydrogens (tertiary/aromatic N) is 1. The van der Waals surface area contributed by atoms with E-state index < -0.39 is 0 Å². The number of amides is 2. The number of thioether (sulfide) groups is 1. The molecular formula is C18H24N2O3S. The van der Waals surface area contributed by atoms with E-state index in [1.54, 1.807) is 23.8 Å². The third-order valence-electron chi connectivity index (χ3n) is 4.99. The van der Waals surface area contributed by atoms with Crippen LogP contribution in [0.25, 0.3) is 0 Å². The fraction of sp³-hybridized carbons (Fsp3) is 0.556. The molecule has 24 heavy (non-hydrogen) atoms. The van der Waals surface area contributed by atoms with Crippen LogP contribution in [-0.2, 0) is 9.59 Å². The molecule has 0 aliphatic carbocycles. The number of methoxy groups -OCH3 is 1. The molecule has 0 unspecified atom stereocenters. The summed E-state index contributed by atoms with van der Waals surface area (Å²) < 4.78 is 5.42. The molecule has 3 rings (SSSR count). The first-order valence-corrected chi connectivity index (χ1v) is 9.38. The van der Waals surface area contributed by atoms with Crippen LogP contribution in [0, 0.1) is 0 Å². The maximum Gasteiger partial charge on any atom is 0.244 e. The highest BCUT2D eigenvalue weighted by atomic mass is 32.2. The van der Waals surface area contributed by atoms with Crippen molar-refractivity contribution in [2.45, 2.75) is 50.1 Å². The minimum absolute atomic E-state index is 0.0702. The fourth-order valence-electron chi connectivity index (χ4n) is 3.64. The molecule has 5 nitrogen and oxygen atoms in total. The second-order valence-corrected chi connectivity index (χ2v) is 7.98. The molecule has 2 fully saturated rings. The average Bonchev–Trinajstić information content (AvgIpc) is 3.09. The van der Waals surface area contributed by atoms with Crippen molar-refractivity contribution in [3.63, 3.8) is 0 Å². The Morgan fingerprint density at radius 1 is 1.50 bits per heavy atom. The summed E-state index contributed by atoms with van der Waals surface area (Å²) in [5.74, 6) is 1.45. The quantitative estimate of drug-likeness (QED) is 0.889. The molecule has 3 atom stereocenters. The Hall–Kier alpha value is -1.69. The minimum Gasteiger partial charge on any atom is -0.496 e. The van der Waals surface area contributed by atoms with E-state index in [0.29, 0.717) is 12.2 Å². The number of para-hydroxylation sites is 1. The number of hydrogen-bond donors (Lipinski definition) is 1. The molecule has 6 heteroatoms. The number of carbonyl (C=O) groups is 2. The summed E-state index contributed by atoms with van der Waals surface area (Å²) in [5.41, 5.74) is 0.969. The standard InChI is InChI=1S/C18H24N2O3S/c1-4-13(12-7-5-6-8-15(12)23-3)19-17(22)14-11-24-18(2)10-9-16(21)20(14)18/h5-8,13-14H,4,9-11H2,1-3H3,(H,19,22)/t13-,14+,18+/m0/s1. The van der Waals surface area contributed by atoms with Crippen LogP contribution in [0.15, 0.2) is 24.3 Å². The van der Waals surface area contributed by atoms with E-state index in [-0.39, 0.29) is 28.8 Å². The molecular weight excluding hydrogens is 324 g/mol. The van der Waals surface area contributed by atoms with E-state index in [1.165, 1.54) is 0 Å². The monoisotopic (exact) mass is 348 g/mol. The lowest BCUT2D eigenvalue weighted by Crippen LogP contribution is -2.50. The van der Waals surface area contributed by atoms with Gasteiger partial charge in [-0.3, -0.25) is 9.59 Å². The van der Waals surface area contributed by atoms with Crippen LogP contribution in [0.2, 0.25) is 0 Å². The van der Waals surface area contributed by atoms with Gasteiger partial charge in [-0.15, -0.1) is 11.8 Å². The van der Waals surface area contributed by atoms with Gasteiger partial charge in [0.1, 0.15) is 11.8 Å². The summed E-state index contributed by atoms with van der Waals surface area (Å²) in [6.45, 7) is 4.10. The number of nitrogens with one attached hydrogen (secondary N) is 1. The number of benzene rings is 1. The van der Waals surface area contributed by atoms with Crippen LogP contribution in [0.5, 0.6) is 5.75 Å². The molecule has 0 spiro atoms. The Morgan fingerprint density at radius 2 is 2.25 bits per heavy atom. The van der Waals surface area contributed by atoms with Gasteiger partial charge in [0.15, 0.2) is 0 Å². The number of rotatable bonds is 5. The number of hydrogen-bond acceptors (Lipinski definition) is 4. The van der Waals surface area contributed by atoms with E-state index in [9.17, 15) is 9.59 Å². The van der Waals surface area contributed by atoms with Gasteiger partial charge in [-0.05, 0) is 25.8 Å². The van der Waals surface area contributed by atoms with Crippen molar-refractivity contribution < 1.29 is 14.3 Å². The zero-order valence-electron chi connectivity index (χ0n) is 14.4. The minimum atomic E-state index is -0.376. The van der Waals surface area contributed by atoms with Gasteiger partial charge in [0, 0.05) is 17.7 Å². The fourth-order valence-corrected chi connectivity index (χ4v) is 5.07. The van der Waals surface area contributed by atoms with Gasteiger partial charge in [0.2, 0.25) is 11.8 Å². The predicted molar refractivity (Wildman–Crippen MR) is 94.9 cm³/mol. The molecule has 2 heterocycles. The van der Waals surface area contributed by atoms with Crippen LogP contribution in [0.4, 0.5) is 0 Å². The number of fused-ring (bicyclic) bond motifs is 1. The van der Waals surface area contributed by atoms with Crippen LogP contribution in [0.3, 0.4) is 0 Å². The highest BCUT2D eigenvalue weighted by Gasteiger charge is 2.53. The number of ether oxygens (including phenoxy) is 1. The zero-order chi connectivity index (χ0) is 17.3. The molecule has 1 N–H and O–H groups in total. The molecule has 0 saturated carbocycles. The van der Waals surface area contributed by atoms with Crippen molar-refractivity contribution in [1.29, 1.82) is 0 Å². The average molecular weight is 348 g/mol. The van der Waals surface area contributed by atoms with E-state index in [2.05, 4.69) is 12.2 Å². The summed E-state index contributed by atoms with van der Waals surface area (Å²) in [5, 5.41) is 3.12. The van der Waals surface area contributed by atoms with Gasteiger partial charge in [-0.2, -0.15) is 0 Å². The van der Waals surface area contributed by atoms with Gasteiger partial charge < -0.3 is 15.0 Å². The van der Waals surface area contributed by atoms with Crippen molar-refractivity contribution in [2.75, 3.05) is 12.9 Å². The summed E-state index contributed by atoms with van der Waals surface area (Å²) >= 11 is 1.71. The van der Waals surface area contributed by atoms with Crippen molar-refractivity contribution in [3.05, 3.63) is 29.8 Å². The second kappa shape index (κ2) is 6.67. The molecule has 2 aliphatic rings. The van der Waals surface area contributed by atoms with E-state index >= 15 is 0 Å². The SMILES string of the molecule is CC[C@H](NC(=O)[C@H]1CS[C@]2(C)CCC(=O)N12)c1ccccc1OC. The van der Waals surface area contributed by atoms with Crippen molar-refractivity contribution >= 4 is 23.6 Å². The Balaban J connectivity index is 1.77. The second-order valence-electron chi connectivity index (χ2n) is 6.48. The first-order chi connectivity index (χ1) is 11.5. The van der Waals surface area contributed by atoms with Crippen molar-refractivity contribution in [2.24, 2.45) is 0 Å². The smallest absolute Gasteiger partial charge is 0.244 e. The highest BCUT2D eigenvalue weighted by molar-refractivity contribution is 8.01. The van der Waals surface area contributed by atoms with Gasteiger partial charge in [0.25, 0.3) is 0 Å². The van der Waals surface area contributed by atoms with Crippen LogP contribution in [-0.4, -0.2) is 40.5 Å². The molecule has 0 radical (unpaired) electrons. The first kappa shape index (κ1) is 17.1. The maximum atomic E-state index is 12.9. The molecule has 0 aromatic heterocycles. The van der Waals surface area contributed by atoms with Gasteiger partial charge >= 0.3 is 0 Å². The third-order valence-corrected chi connectivity index (χ3v) is 6.49. The Kier molecular flexibility index (Phi) is 4.76. The molecule has 1 aromatic rings. The maximum absolute atomic E-state index is 12.9. The van der Waals surface area contributed by atoms with Crippen molar-refractivity contribution in [1.82, 2.24) is 10.2 Å². The molecule has 2 saturated heterocycles. The summed E-state index contributed by atoms with van der Waals surface area (Å²) in [7, 11) is 1.63. The van der Waals surface area contributed by atoms with E-state index in [4.69, 9.17) is 4.74 Å². The van der Waals surface area contributed by atoms with Crippen molar-refractivity contribution in [3.8, 4) is 5.75 Å². The zero-order valence-corrected chi connectivity index (χ0v) is 15.2. The normalized spacial score (nSPS) is 27.0. The summed E-state index contributed by atoms with van der Waals surface area (Å²) in [6.07, 6.45) is 2.12. The lowest BCUT2D eigenvalue weighted by Gasteiger charge is -2.31. The largest absolute Gasteiger partial charge is 0.496 e. The van der Waals surface area contributed by atoms with E-state index in [1.807, 2.05) is 31.2 Å². The lowest BCUT2D eigenvalue weighted by atomic mass is 10.0. The molecule has 0 bridgehead atoms. The molecule has 1 aromatic carbocycles.